The molecule has 2 aromatic rings. The molecule has 4 nitrogen and oxygen atoms in total. The number of hydrogen-bond donors (Lipinski definition) is 0. The predicted molar refractivity (Wildman–Crippen MR) is 78.6 cm³/mol. The zero-order valence-corrected chi connectivity index (χ0v) is 12.8. The number of rotatable bonds is 5. The van der Waals surface area contributed by atoms with E-state index in [4.69, 9.17) is 16.3 Å². The number of benzene rings is 1. The number of carbonyl (C=O) groups is 1. The van der Waals surface area contributed by atoms with Gasteiger partial charge in [0.25, 0.3) is 0 Å². The van der Waals surface area contributed by atoms with Crippen molar-refractivity contribution in [1.29, 1.82) is 0 Å². The molecule has 1 heterocycles. The molecule has 2 rings (SSSR count). The van der Waals surface area contributed by atoms with Crippen LogP contribution in [0, 0.1) is 5.82 Å². The normalized spacial score (nSPS) is 11.0. The van der Waals surface area contributed by atoms with Gasteiger partial charge >= 0.3 is 0 Å². The van der Waals surface area contributed by atoms with Gasteiger partial charge in [0.15, 0.2) is 11.5 Å². The van der Waals surface area contributed by atoms with Crippen LogP contribution >= 0.6 is 11.6 Å². The van der Waals surface area contributed by atoms with Crippen LogP contribution in [0.3, 0.4) is 0 Å². The first-order valence-electron chi connectivity index (χ1n) is 6.52. The second-order valence-corrected chi connectivity index (χ2v) is 5.34. The Morgan fingerprint density at radius 2 is 2.19 bits per heavy atom. The van der Waals surface area contributed by atoms with Crippen molar-refractivity contribution in [3.63, 3.8) is 0 Å². The molecule has 0 bridgehead atoms. The summed E-state index contributed by atoms with van der Waals surface area (Å²) in [7, 11) is 1.49. The third kappa shape index (κ3) is 3.24. The molecule has 0 aliphatic carbocycles. The SMILES string of the molecule is COc1cnn(C(C)C)c1C(=O)Cc1ccc(F)cc1Cl. The first kappa shape index (κ1) is 15.5. The van der Waals surface area contributed by atoms with Crippen LogP contribution in [0.25, 0.3) is 0 Å². The van der Waals surface area contributed by atoms with E-state index in [1.165, 1.54) is 31.5 Å². The molecule has 0 aliphatic heterocycles. The minimum Gasteiger partial charge on any atom is -0.493 e. The van der Waals surface area contributed by atoms with Crippen LogP contribution in [0.2, 0.25) is 5.02 Å². The van der Waals surface area contributed by atoms with Crippen molar-refractivity contribution in [3.8, 4) is 5.75 Å². The lowest BCUT2D eigenvalue weighted by atomic mass is 10.1. The molecule has 1 aromatic carbocycles. The number of halogens is 2. The zero-order valence-electron chi connectivity index (χ0n) is 12.1. The lowest BCUT2D eigenvalue weighted by molar-refractivity contribution is 0.0977. The Morgan fingerprint density at radius 3 is 2.76 bits per heavy atom. The lowest BCUT2D eigenvalue weighted by Gasteiger charge is -2.11. The quantitative estimate of drug-likeness (QED) is 0.791. The van der Waals surface area contributed by atoms with E-state index in [2.05, 4.69) is 5.10 Å². The molecule has 0 saturated heterocycles. The molecule has 0 saturated carbocycles. The van der Waals surface area contributed by atoms with Crippen LogP contribution in [0.5, 0.6) is 5.75 Å². The fourth-order valence-electron chi connectivity index (χ4n) is 2.07. The summed E-state index contributed by atoms with van der Waals surface area (Å²) >= 11 is 5.97. The smallest absolute Gasteiger partial charge is 0.189 e. The number of carbonyl (C=O) groups excluding carboxylic acids is 1. The van der Waals surface area contributed by atoms with E-state index in [0.717, 1.165) is 0 Å². The van der Waals surface area contributed by atoms with Crippen molar-refractivity contribution in [2.45, 2.75) is 26.3 Å². The van der Waals surface area contributed by atoms with Crippen LogP contribution in [0.1, 0.15) is 35.9 Å². The second-order valence-electron chi connectivity index (χ2n) is 4.94. The Morgan fingerprint density at radius 1 is 1.48 bits per heavy atom. The average molecular weight is 311 g/mol. The molecule has 0 aliphatic rings. The van der Waals surface area contributed by atoms with E-state index in [0.29, 0.717) is 17.0 Å². The standard InChI is InChI=1S/C15H16ClFN2O2/c1-9(2)19-15(14(21-3)8-18-19)13(20)6-10-4-5-11(17)7-12(10)16/h4-5,7-9H,6H2,1-3H3. The summed E-state index contributed by atoms with van der Waals surface area (Å²) in [5.41, 5.74) is 0.967. The third-order valence-corrected chi connectivity index (χ3v) is 3.45. The Bertz CT molecular complexity index is 668. The lowest BCUT2D eigenvalue weighted by Crippen LogP contribution is -2.15. The zero-order chi connectivity index (χ0) is 15.6. The molecular formula is C15H16ClFN2O2. The fourth-order valence-corrected chi connectivity index (χ4v) is 2.31. The fraction of sp³-hybridized carbons (Fsp3) is 0.333. The monoisotopic (exact) mass is 310 g/mol. The summed E-state index contributed by atoms with van der Waals surface area (Å²) in [6.07, 6.45) is 1.58. The highest BCUT2D eigenvalue weighted by Gasteiger charge is 2.22. The summed E-state index contributed by atoms with van der Waals surface area (Å²) in [5.74, 6) is -0.181. The average Bonchev–Trinajstić information content (AvgIpc) is 2.86. The van der Waals surface area contributed by atoms with Gasteiger partial charge in [-0.2, -0.15) is 5.10 Å². The summed E-state index contributed by atoms with van der Waals surface area (Å²) in [4.78, 5) is 12.5. The van der Waals surface area contributed by atoms with E-state index in [9.17, 15) is 9.18 Å². The van der Waals surface area contributed by atoms with Crippen LogP contribution in [-0.2, 0) is 6.42 Å². The van der Waals surface area contributed by atoms with Gasteiger partial charge < -0.3 is 4.74 Å². The molecule has 6 heteroatoms. The van der Waals surface area contributed by atoms with Gasteiger partial charge in [0, 0.05) is 17.5 Å². The second kappa shape index (κ2) is 6.26. The maximum absolute atomic E-state index is 13.0. The molecule has 0 unspecified atom stereocenters. The van der Waals surface area contributed by atoms with Gasteiger partial charge in [0.05, 0.1) is 13.3 Å². The van der Waals surface area contributed by atoms with Gasteiger partial charge in [-0.3, -0.25) is 9.48 Å². The highest BCUT2D eigenvalue weighted by Crippen LogP contribution is 2.25. The van der Waals surface area contributed by atoms with Gasteiger partial charge in [0.2, 0.25) is 0 Å². The van der Waals surface area contributed by atoms with Crippen molar-refractivity contribution in [2.75, 3.05) is 7.11 Å². The highest BCUT2D eigenvalue weighted by molar-refractivity contribution is 6.31. The number of ether oxygens (including phenoxy) is 1. The van der Waals surface area contributed by atoms with Crippen molar-refractivity contribution in [3.05, 3.63) is 46.5 Å². The van der Waals surface area contributed by atoms with E-state index in [1.807, 2.05) is 13.8 Å². The van der Waals surface area contributed by atoms with Gasteiger partial charge in [0.1, 0.15) is 11.5 Å². The third-order valence-electron chi connectivity index (χ3n) is 3.10. The van der Waals surface area contributed by atoms with Gasteiger partial charge in [-0.05, 0) is 31.5 Å². The Hall–Kier alpha value is -1.88. The number of Topliss-reactive ketones (excluding diaryl/α,β-unsaturated/α-hetero) is 1. The molecule has 0 N–H and O–H groups in total. The van der Waals surface area contributed by atoms with Crippen molar-refractivity contribution < 1.29 is 13.9 Å². The summed E-state index contributed by atoms with van der Waals surface area (Å²) in [6.45, 7) is 3.85. The molecule has 0 spiro atoms. The van der Waals surface area contributed by atoms with Crippen LogP contribution in [0.4, 0.5) is 4.39 Å². The van der Waals surface area contributed by atoms with Gasteiger partial charge in [-0.1, -0.05) is 17.7 Å². The summed E-state index contributed by atoms with van der Waals surface area (Å²) in [6, 6.07) is 4.02. The van der Waals surface area contributed by atoms with Crippen molar-refractivity contribution in [2.24, 2.45) is 0 Å². The van der Waals surface area contributed by atoms with Crippen molar-refractivity contribution in [1.82, 2.24) is 9.78 Å². The van der Waals surface area contributed by atoms with E-state index < -0.39 is 5.82 Å². The van der Waals surface area contributed by atoms with Crippen LogP contribution < -0.4 is 4.74 Å². The molecule has 1 aromatic heterocycles. The van der Waals surface area contributed by atoms with E-state index >= 15 is 0 Å². The van der Waals surface area contributed by atoms with Gasteiger partial charge in [-0.25, -0.2) is 4.39 Å². The maximum atomic E-state index is 13.0. The Labute approximate surface area is 127 Å². The molecule has 0 atom stereocenters. The number of methoxy groups -OCH3 is 1. The largest absolute Gasteiger partial charge is 0.493 e. The maximum Gasteiger partial charge on any atom is 0.189 e. The molecule has 21 heavy (non-hydrogen) atoms. The molecule has 112 valence electrons. The topological polar surface area (TPSA) is 44.1 Å². The van der Waals surface area contributed by atoms with E-state index in [-0.39, 0.29) is 23.3 Å². The van der Waals surface area contributed by atoms with Crippen LogP contribution in [-0.4, -0.2) is 22.7 Å². The van der Waals surface area contributed by atoms with Gasteiger partial charge in [-0.15, -0.1) is 0 Å². The summed E-state index contributed by atoms with van der Waals surface area (Å²) in [5, 5.41) is 4.40. The number of ketones is 1. The first-order chi connectivity index (χ1) is 9.93. The van der Waals surface area contributed by atoms with Crippen molar-refractivity contribution >= 4 is 17.4 Å². The molecule has 0 radical (unpaired) electrons. The highest BCUT2D eigenvalue weighted by atomic mass is 35.5. The molecular weight excluding hydrogens is 295 g/mol. The number of hydrogen-bond acceptors (Lipinski definition) is 3. The Balaban J connectivity index is 2.34. The predicted octanol–water partition coefficient (Wildman–Crippen LogP) is 3.69. The first-order valence-corrected chi connectivity index (χ1v) is 6.90. The van der Waals surface area contributed by atoms with E-state index in [1.54, 1.807) is 4.68 Å². The summed E-state index contributed by atoms with van der Waals surface area (Å²) < 4.78 is 19.8. The number of aromatic nitrogens is 2. The number of nitrogens with zero attached hydrogens (tertiary/aromatic N) is 2. The Kier molecular flexibility index (Phi) is 4.63. The molecule has 0 amide bonds. The molecule has 0 fully saturated rings. The van der Waals surface area contributed by atoms with Crippen LogP contribution in [0.15, 0.2) is 24.4 Å². The minimum absolute atomic E-state index is 0.0246. The minimum atomic E-state index is -0.430.